The molecule has 1 aliphatic heterocycles. The van der Waals surface area contributed by atoms with Crippen LogP contribution in [0, 0.1) is 23.7 Å². The van der Waals surface area contributed by atoms with E-state index in [1.807, 2.05) is 18.2 Å². The SMILES string of the molecule is O=C1[C@@H]2[C@H]3CC[C@H](C3)[C@@H]2C(=O)N1c1ccccc1S. The van der Waals surface area contributed by atoms with Crippen molar-refractivity contribution in [3.05, 3.63) is 24.3 Å². The maximum Gasteiger partial charge on any atom is 0.238 e. The van der Waals surface area contributed by atoms with E-state index >= 15 is 0 Å². The maximum absolute atomic E-state index is 12.6. The van der Waals surface area contributed by atoms with Gasteiger partial charge in [-0.25, -0.2) is 4.90 Å². The van der Waals surface area contributed by atoms with Crippen molar-refractivity contribution in [2.45, 2.75) is 24.2 Å². The Labute approximate surface area is 117 Å². The minimum absolute atomic E-state index is 0.00343. The summed E-state index contributed by atoms with van der Waals surface area (Å²) in [4.78, 5) is 27.3. The number of carbonyl (C=O) groups is 2. The van der Waals surface area contributed by atoms with Gasteiger partial charge in [0, 0.05) is 4.90 Å². The van der Waals surface area contributed by atoms with Crippen LogP contribution in [-0.2, 0) is 9.59 Å². The highest BCUT2D eigenvalue weighted by Gasteiger charge is 2.61. The normalized spacial score (nSPS) is 36.2. The van der Waals surface area contributed by atoms with Gasteiger partial charge in [0.15, 0.2) is 0 Å². The lowest BCUT2D eigenvalue weighted by molar-refractivity contribution is -0.123. The van der Waals surface area contributed by atoms with Crippen molar-refractivity contribution in [3.63, 3.8) is 0 Å². The van der Waals surface area contributed by atoms with Crippen LogP contribution < -0.4 is 4.90 Å². The first-order chi connectivity index (χ1) is 9.18. The minimum Gasteiger partial charge on any atom is -0.274 e. The number of carbonyl (C=O) groups excluding carboxylic acids is 2. The number of amides is 2. The number of benzene rings is 1. The quantitative estimate of drug-likeness (QED) is 0.630. The van der Waals surface area contributed by atoms with E-state index in [0.29, 0.717) is 22.4 Å². The highest BCUT2D eigenvalue weighted by molar-refractivity contribution is 7.80. The zero-order valence-corrected chi connectivity index (χ0v) is 11.3. The van der Waals surface area contributed by atoms with Gasteiger partial charge in [-0.2, -0.15) is 0 Å². The Hall–Kier alpha value is -1.29. The second-order valence-corrected chi connectivity index (χ2v) is 6.37. The molecule has 0 unspecified atom stereocenters. The van der Waals surface area contributed by atoms with Crippen LogP contribution in [0.5, 0.6) is 0 Å². The first kappa shape index (κ1) is 11.5. The summed E-state index contributed by atoms with van der Waals surface area (Å²) >= 11 is 4.38. The van der Waals surface area contributed by atoms with E-state index in [0.717, 1.165) is 19.3 Å². The van der Waals surface area contributed by atoms with Gasteiger partial charge in [0.1, 0.15) is 0 Å². The molecule has 1 aromatic carbocycles. The summed E-state index contributed by atoms with van der Waals surface area (Å²) in [5.41, 5.74) is 0.648. The second-order valence-electron chi connectivity index (χ2n) is 5.89. The fraction of sp³-hybridized carbons (Fsp3) is 0.467. The van der Waals surface area contributed by atoms with Crippen molar-refractivity contribution in [2.75, 3.05) is 4.90 Å². The van der Waals surface area contributed by atoms with Gasteiger partial charge in [-0.1, -0.05) is 12.1 Å². The molecule has 2 saturated carbocycles. The molecule has 3 nitrogen and oxygen atoms in total. The van der Waals surface area contributed by atoms with E-state index in [1.54, 1.807) is 6.07 Å². The summed E-state index contributed by atoms with van der Waals surface area (Å²) in [7, 11) is 0. The fourth-order valence-corrected chi connectivity index (χ4v) is 4.56. The van der Waals surface area contributed by atoms with Crippen LogP contribution in [0.2, 0.25) is 0 Å². The Morgan fingerprint density at radius 3 is 2.16 bits per heavy atom. The maximum atomic E-state index is 12.6. The summed E-state index contributed by atoms with van der Waals surface area (Å²) in [5, 5.41) is 0. The molecule has 0 aromatic heterocycles. The molecule has 4 heteroatoms. The molecule has 3 aliphatic rings. The summed E-state index contributed by atoms with van der Waals surface area (Å²) < 4.78 is 0. The number of hydrogen-bond acceptors (Lipinski definition) is 3. The average molecular weight is 273 g/mol. The van der Waals surface area contributed by atoms with Gasteiger partial charge in [-0.15, -0.1) is 12.6 Å². The molecule has 4 atom stereocenters. The predicted molar refractivity (Wildman–Crippen MR) is 74.0 cm³/mol. The molecule has 4 rings (SSSR count). The topological polar surface area (TPSA) is 37.4 Å². The molecule has 2 bridgehead atoms. The van der Waals surface area contributed by atoms with Gasteiger partial charge < -0.3 is 0 Å². The Morgan fingerprint density at radius 2 is 1.58 bits per heavy atom. The molecule has 0 spiro atoms. The van der Waals surface area contributed by atoms with Crippen molar-refractivity contribution < 1.29 is 9.59 Å². The number of rotatable bonds is 1. The Bertz CT molecular complexity index is 557. The predicted octanol–water partition coefficient (Wildman–Crippen LogP) is 2.51. The average Bonchev–Trinajstić information content (AvgIpc) is 3.06. The molecule has 0 N–H and O–H groups in total. The molecular formula is C15H15NO2S. The lowest BCUT2D eigenvalue weighted by Gasteiger charge is -2.19. The van der Waals surface area contributed by atoms with Crippen LogP contribution in [0.4, 0.5) is 5.69 Å². The van der Waals surface area contributed by atoms with Crippen LogP contribution in [0.25, 0.3) is 0 Å². The summed E-state index contributed by atoms with van der Waals surface area (Å²) in [6.07, 6.45) is 3.30. The molecule has 1 aromatic rings. The van der Waals surface area contributed by atoms with Crippen LogP contribution in [-0.4, -0.2) is 11.8 Å². The van der Waals surface area contributed by atoms with E-state index in [1.165, 1.54) is 4.90 Å². The number of fused-ring (bicyclic) bond motifs is 5. The van der Waals surface area contributed by atoms with E-state index in [-0.39, 0.29) is 23.7 Å². The highest BCUT2D eigenvalue weighted by atomic mass is 32.1. The van der Waals surface area contributed by atoms with E-state index in [9.17, 15) is 9.59 Å². The molecule has 19 heavy (non-hydrogen) atoms. The summed E-state index contributed by atoms with van der Waals surface area (Å²) in [5.74, 6) is 0.762. The van der Waals surface area contributed by atoms with Crippen molar-refractivity contribution in [1.82, 2.24) is 0 Å². The fourth-order valence-electron chi connectivity index (χ4n) is 4.30. The first-order valence-corrected chi connectivity index (χ1v) is 7.29. The number of para-hydroxylation sites is 1. The van der Waals surface area contributed by atoms with Gasteiger partial charge in [0.2, 0.25) is 11.8 Å². The molecule has 98 valence electrons. The number of imide groups is 1. The first-order valence-electron chi connectivity index (χ1n) is 6.84. The van der Waals surface area contributed by atoms with Crippen molar-refractivity contribution >= 4 is 30.1 Å². The van der Waals surface area contributed by atoms with Crippen LogP contribution in [0.1, 0.15) is 19.3 Å². The van der Waals surface area contributed by atoms with Gasteiger partial charge >= 0.3 is 0 Å². The monoisotopic (exact) mass is 273 g/mol. The molecule has 1 saturated heterocycles. The largest absolute Gasteiger partial charge is 0.274 e. The van der Waals surface area contributed by atoms with E-state index < -0.39 is 0 Å². The number of nitrogens with zero attached hydrogens (tertiary/aromatic N) is 1. The zero-order chi connectivity index (χ0) is 13.1. The van der Waals surface area contributed by atoms with Crippen LogP contribution in [0.3, 0.4) is 0 Å². The van der Waals surface area contributed by atoms with Crippen molar-refractivity contribution in [2.24, 2.45) is 23.7 Å². The molecule has 2 aliphatic carbocycles. The van der Waals surface area contributed by atoms with Crippen molar-refractivity contribution in [3.8, 4) is 0 Å². The third kappa shape index (κ3) is 1.41. The van der Waals surface area contributed by atoms with Crippen LogP contribution >= 0.6 is 12.6 Å². The zero-order valence-electron chi connectivity index (χ0n) is 10.5. The van der Waals surface area contributed by atoms with Crippen LogP contribution in [0.15, 0.2) is 29.2 Å². The third-order valence-corrected chi connectivity index (χ3v) is 5.43. The lowest BCUT2D eigenvalue weighted by atomic mass is 9.81. The number of anilines is 1. The Morgan fingerprint density at radius 1 is 1.00 bits per heavy atom. The summed E-state index contributed by atoms with van der Waals surface area (Å²) in [6, 6.07) is 7.34. The highest BCUT2D eigenvalue weighted by Crippen LogP contribution is 2.56. The smallest absolute Gasteiger partial charge is 0.238 e. The van der Waals surface area contributed by atoms with E-state index in [4.69, 9.17) is 0 Å². The van der Waals surface area contributed by atoms with Gasteiger partial charge in [-0.3, -0.25) is 9.59 Å². The molecule has 2 amide bonds. The summed E-state index contributed by atoms with van der Waals surface area (Å²) in [6.45, 7) is 0. The standard InChI is InChI=1S/C15H15NO2S/c17-14-12-8-5-6-9(7-8)13(12)15(18)16(14)10-3-1-2-4-11(10)19/h1-4,8-9,12-13,19H,5-7H2/t8-,9+,12+,13-. The molecule has 0 radical (unpaired) electrons. The van der Waals surface area contributed by atoms with Gasteiger partial charge in [0.25, 0.3) is 0 Å². The molecule has 1 heterocycles. The molecular weight excluding hydrogens is 258 g/mol. The van der Waals surface area contributed by atoms with E-state index in [2.05, 4.69) is 12.6 Å². The number of thiol groups is 1. The number of hydrogen-bond donors (Lipinski definition) is 1. The Balaban J connectivity index is 1.78. The molecule has 3 fully saturated rings. The minimum atomic E-state index is -0.0563. The second kappa shape index (κ2) is 3.85. The van der Waals surface area contributed by atoms with Gasteiger partial charge in [-0.05, 0) is 43.2 Å². The Kier molecular flexibility index (Phi) is 2.34. The lowest BCUT2D eigenvalue weighted by Crippen LogP contribution is -2.33. The van der Waals surface area contributed by atoms with Gasteiger partial charge in [0.05, 0.1) is 17.5 Å². The van der Waals surface area contributed by atoms with Crippen molar-refractivity contribution in [1.29, 1.82) is 0 Å². The third-order valence-electron chi connectivity index (χ3n) is 5.05.